The Morgan fingerprint density at radius 2 is 1.50 bits per heavy atom. The maximum atomic E-state index is 8.74. The second-order valence-corrected chi connectivity index (χ2v) is 2.01. The van der Waals surface area contributed by atoms with Crippen molar-refractivity contribution in [2.45, 2.75) is 19.3 Å². The average molecular weight is 138 g/mol. The molecule has 0 aromatic heterocycles. The van der Waals surface area contributed by atoms with Crippen LogP contribution < -0.4 is 0 Å². The lowest BCUT2D eigenvalue weighted by Gasteiger charge is -2.18. The highest BCUT2D eigenvalue weighted by Gasteiger charge is 2.04. The smallest absolute Gasteiger partial charge is 0.0238 e. The first kappa shape index (κ1) is 8.21. The molecule has 0 bridgehead atoms. The number of hydroxylamine groups is 2. The van der Waals surface area contributed by atoms with E-state index in [1.807, 2.05) is 0 Å². The molecule has 8 heavy (non-hydrogen) atoms. The first-order valence-corrected chi connectivity index (χ1v) is 2.83. The van der Waals surface area contributed by atoms with Gasteiger partial charge in [-0.2, -0.15) is 5.06 Å². The molecule has 0 spiro atoms. The van der Waals surface area contributed by atoms with E-state index in [0.29, 0.717) is 0 Å². The van der Waals surface area contributed by atoms with E-state index in [1.54, 1.807) is 0 Å². The van der Waals surface area contributed by atoms with Crippen molar-refractivity contribution in [3.63, 3.8) is 0 Å². The minimum absolute atomic E-state index is 0. The lowest BCUT2D eigenvalue weighted by atomic mass is 10.2. The third-order valence-electron chi connectivity index (χ3n) is 1.33. The first-order valence-electron chi connectivity index (χ1n) is 2.83. The van der Waals surface area contributed by atoms with Crippen molar-refractivity contribution >= 4 is 12.4 Å². The van der Waals surface area contributed by atoms with Crippen molar-refractivity contribution in [2.75, 3.05) is 13.1 Å². The maximum Gasteiger partial charge on any atom is 0.0238 e. The van der Waals surface area contributed by atoms with E-state index in [1.165, 1.54) is 11.5 Å². The number of halogens is 1. The fourth-order valence-corrected chi connectivity index (χ4v) is 0.877. The molecule has 0 aliphatic carbocycles. The lowest BCUT2D eigenvalue weighted by molar-refractivity contribution is -0.103. The third kappa shape index (κ3) is 2.50. The quantitative estimate of drug-likeness (QED) is 0.544. The molecule has 1 aliphatic heterocycles. The van der Waals surface area contributed by atoms with Crippen LogP contribution in [0.4, 0.5) is 0 Å². The molecule has 1 N–H and O–H groups in total. The molecule has 1 aliphatic rings. The van der Waals surface area contributed by atoms with E-state index in [-0.39, 0.29) is 12.4 Å². The van der Waals surface area contributed by atoms with E-state index in [4.69, 9.17) is 5.21 Å². The average Bonchev–Trinajstić information content (AvgIpc) is 1.69. The van der Waals surface area contributed by atoms with Crippen LogP contribution in [0.5, 0.6) is 0 Å². The van der Waals surface area contributed by atoms with Crippen LogP contribution in [0.15, 0.2) is 0 Å². The van der Waals surface area contributed by atoms with Crippen molar-refractivity contribution < 1.29 is 5.21 Å². The molecule has 1 rings (SSSR count). The fraction of sp³-hybridized carbons (Fsp3) is 1.00. The zero-order chi connectivity index (χ0) is 5.11. The topological polar surface area (TPSA) is 23.5 Å². The molecular weight excluding hydrogens is 126 g/mol. The largest absolute Gasteiger partial charge is 0.314 e. The summed E-state index contributed by atoms with van der Waals surface area (Å²) in [4.78, 5) is 0. The fourth-order valence-electron chi connectivity index (χ4n) is 0.877. The molecule has 50 valence electrons. The van der Waals surface area contributed by atoms with E-state index in [2.05, 4.69) is 0 Å². The molecule has 0 radical (unpaired) electrons. The minimum atomic E-state index is 0. The van der Waals surface area contributed by atoms with Crippen LogP contribution in [0.2, 0.25) is 0 Å². The molecule has 1 fully saturated rings. The monoisotopic (exact) mass is 137 g/mol. The summed E-state index contributed by atoms with van der Waals surface area (Å²) < 4.78 is 0. The van der Waals surface area contributed by atoms with Gasteiger partial charge < -0.3 is 5.21 Å². The van der Waals surface area contributed by atoms with Gasteiger partial charge in [-0.15, -0.1) is 12.4 Å². The van der Waals surface area contributed by atoms with Crippen LogP contribution in [0.3, 0.4) is 0 Å². The van der Waals surface area contributed by atoms with Gasteiger partial charge >= 0.3 is 0 Å². The Morgan fingerprint density at radius 1 is 1.00 bits per heavy atom. The Labute approximate surface area is 55.9 Å². The summed E-state index contributed by atoms with van der Waals surface area (Å²) >= 11 is 0. The Hall–Kier alpha value is 0.210. The third-order valence-corrected chi connectivity index (χ3v) is 1.33. The maximum absolute atomic E-state index is 8.74. The summed E-state index contributed by atoms with van der Waals surface area (Å²) in [6.45, 7) is 1.75. The molecule has 2 nitrogen and oxygen atoms in total. The second kappa shape index (κ2) is 4.13. The van der Waals surface area contributed by atoms with E-state index >= 15 is 0 Å². The van der Waals surface area contributed by atoms with E-state index in [0.717, 1.165) is 25.9 Å². The van der Waals surface area contributed by atoms with Crippen LogP contribution in [-0.2, 0) is 0 Å². The van der Waals surface area contributed by atoms with Gasteiger partial charge in [-0.1, -0.05) is 6.42 Å². The predicted molar refractivity (Wildman–Crippen MR) is 34.5 cm³/mol. The van der Waals surface area contributed by atoms with Gasteiger partial charge in [0.15, 0.2) is 0 Å². The predicted octanol–water partition coefficient (Wildman–Crippen LogP) is 1.28. The van der Waals surface area contributed by atoms with Crippen LogP contribution >= 0.6 is 12.4 Å². The van der Waals surface area contributed by atoms with Gasteiger partial charge in [0.05, 0.1) is 0 Å². The second-order valence-electron chi connectivity index (χ2n) is 2.01. The van der Waals surface area contributed by atoms with Crippen molar-refractivity contribution in [3.05, 3.63) is 0 Å². The number of piperidine rings is 1. The van der Waals surface area contributed by atoms with Crippen LogP contribution in [0.25, 0.3) is 0 Å². The van der Waals surface area contributed by atoms with Gasteiger partial charge in [-0.05, 0) is 12.8 Å². The minimum Gasteiger partial charge on any atom is -0.314 e. The van der Waals surface area contributed by atoms with Gasteiger partial charge in [0, 0.05) is 13.1 Å². The zero-order valence-electron chi connectivity index (χ0n) is 4.84. The SMILES string of the molecule is Cl.ON1CCCCC1. The number of hydrogen-bond acceptors (Lipinski definition) is 2. The van der Waals surface area contributed by atoms with E-state index < -0.39 is 0 Å². The number of nitrogens with zero attached hydrogens (tertiary/aromatic N) is 1. The molecule has 0 atom stereocenters. The molecular formula is C5H12ClNO. The van der Waals surface area contributed by atoms with Gasteiger partial charge in [-0.25, -0.2) is 0 Å². The summed E-state index contributed by atoms with van der Waals surface area (Å²) in [6.07, 6.45) is 3.62. The molecule has 0 amide bonds. The van der Waals surface area contributed by atoms with Crippen LogP contribution in [-0.4, -0.2) is 23.4 Å². The van der Waals surface area contributed by atoms with Crippen molar-refractivity contribution in [1.29, 1.82) is 0 Å². The highest BCUT2D eigenvalue weighted by molar-refractivity contribution is 5.85. The van der Waals surface area contributed by atoms with Gasteiger partial charge in [-0.3, -0.25) is 0 Å². The summed E-state index contributed by atoms with van der Waals surface area (Å²) in [5.74, 6) is 0. The van der Waals surface area contributed by atoms with Gasteiger partial charge in [0.25, 0.3) is 0 Å². The molecule has 1 heterocycles. The Bertz CT molecular complexity index is 54.4. The normalized spacial score (nSPS) is 22.1. The highest BCUT2D eigenvalue weighted by atomic mass is 35.5. The molecule has 1 saturated heterocycles. The Balaban J connectivity index is 0.000000490. The Morgan fingerprint density at radius 3 is 1.75 bits per heavy atom. The van der Waals surface area contributed by atoms with E-state index in [9.17, 15) is 0 Å². The summed E-state index contributed by atoms with van der Waals surface area (Å²) in [5, 5.41) is 10.1. The first-order chi connectivity index (χ1) is 3.39. The highest BCUT2D eigenvalue weighted by Crippen LogP contribution is 2.04. The molecule has 0 unspecified atom stereocenters. The lowest BCUT2D eigenvalue weighted by Crippen LogP contribution is -2.25. The number of rotatable bonds is 0. The standard InChI is InChI=1S/C5H11NO.ClH/c7-6-4-2-1-3-5-6;/h7H,1-5H2;1H. The van der Waals surface area contributed by atoms with Crippen molar-refractivity contribution in [2.24, 2.45) is 0 Å². The summed E-state index contributed by atoms with van der Waals surface area (Å²) in [5.41, 5.74) is 0. The van der Waals surface area contributed by atoms with Crippen molar-refractivity contribution in [1.82, 2.24) is 5.06 Å². The molecule has 0 aromatic carbocycles. The molecule has 0 saturated carbocycles. The van der Waals surface area contributed by atoms with Gasteiger partial charge in [0.2, 0.25) is 0 Å². The van der Waals surface area contributed by atoms with Crippen molar-refractivity contribution in [3.8, 4) is 0 Å². The summed E-state index contributed by atoms with van der Waals surface area (Å²) in [6, 6.07) is 0. The Kier molecular flexibility index (Phi) is 4.23. The van der Waals surface area contributed by atoms with Crippen LogP contribution in [0, 0.1) is 0 Å². The zero-order valence-corrected chi connectivity index (χ0v) is 5.65. The molecule has 3 heteroatoms. The molecule has 0 aromatic rings. The van der Waals surface area contributed by atoms with Gasteiger partial charge in [0.1, 0.15) is 0 Å². The number of hydrogen-bond donors (Lipinski definition) is 1. The van der Waals surface area contributed by atoms with Crippen LogP contribution in [0.1, 0.15) is 19.3 Å². The summed E-state index contributed by atoms with van der Waals surface area (Å²) in [7, 11) is 0.